The maximum Gasteiger partial charge on any atom is 0.410 e. The summed E-state index contributed by atoms with van der Waals surface area (Å²) in [5.41, 5.74) is 0.514. The molecule has 0 saturated carbocycles. The number of ether oxygens (including phenoxy) is 1. The Hall–Kier alpha value is -1.62. The Balaban J connectivity index is 1.79. The van der Waals surface area contributed by atoms with E-state index < -0.39 is 5.60 Å². The molecular weight excluding hydrogens is 295 g/mol. The van der Waals surface area contributed by atoms with Gasteiger partial charge in [0.1, 0.15) is 11.4 Å². The van der Waals surface area contributed by atoms with Gasteiger partial charge in [0.15, 0.2) is 0 Å². The van der Waals surface area contributed by atoms with E-state index in [0.717, 1.165) is 18.4 Å². The van der Waals surface area contributed by atoms with Crippen molar-refractivity contribution in [2.45, 2.75) is 58.2 Å². The van der Waals surface area contributed by atoms with Crippen LogP contribution in [0.15, 0.2) is 24.3 Å². The number of nitrogens with one attached hydrogen (secondary N) is 1. The van der Waals surface area contributed by atoms with E-state index in [1.165, 1.54) is 6.07 Å². The maximum absolute atomic E-state index is 13.2. The Labute approximate surface area is 138 Å². The number of hydrogen-bond donors (Lipinski definition) is 1. The first-order chi connectivity index (χ1) is 10.7. The predicted molar refractivity (Wildman–Crippen MR) is 88.9 cm³/mol. The summed E-state index contributed by atoms with van der Waals surface area (Å²) in [6, 6.07) is 7.17. The van der Waals surface area contributed by atoms with Crippen molar-refractivity contribution in [3.8, 4) is 0 Å². The largest absolute Gasteiger partial charge is 0.444 e. The van der Waals surface area contributed by atoms with E-state index in [9.17, 15) is 9.18 Å². The fourth-order valence-corrected chi connectivity index (χ4v) is 2.87. The second-order valence-corrected chi connectivity index (χ2v) is 7.31. The molecule has 2 rings (SSSR count). The van der Waals surface area contributed by atoms with Gasteiger partial charge in [-0.3, -0.25) is 0 Å². The highest BCUT2D eigenvalue weighted by Crippen LogP contribution is 2.16. The van der Waals surface area contributed by atoms with Crippen molar-refractivity contribution in [1.29, 1.82) is 0 Å². The standard InChI is InChI=1S/C18H27FN2O2/c1-13(10-14-6-5-7-15(19)11-14)20-16-8-9-21(12-16)17(22)23-18(2,3)4/h5-7,11,13,16,20H,8-10,12H2,1-4H3. The summed E-state index contributed by atoms with van der Waals surface area (Å²) in [7, 11) is 0. The number of benzene rings is 1. The molecule has 1 heterocycles. The molecule has 128 valence electrons. The summed E-state index contributed by atoms with van der Waals surface area (Å²) >= 11 is 0. The average molecular weight is 322 g/mol. The molecule has 4 nitrogen and oxygen atoms in total. The quantitative estimate of drug-likeness (QED) is 0.924. The zero-order valence-corrected chi connectivity index (χ0v) is 14.4. The first kappa shape index (κ1) is 17.7. The molecule has 23 heavy (non-hydrogen) atoms. The van der Waals surface area contributed by atoms with Gasteiger partial charge >= 0.3 is 6.09 Å². The van der Waals surface area contributed by atoms with E-state index in [2.05, 4.69) is 12.2 Å². The van der Waals surface area contributed by atoms with E-state index >= 15 is 0 Å². The van der Waals surface area contributed by atoms with Gasteiger partial charge in [-0.05, 0) is 58.2 Å². The molecule has 1 aromatic carbocycles. The summed E-state index contributed by atoms with van der Waals surface area (Å²) in [5, 5.41) is 3.52. The fourth-order valence-electron chi connectivity index (χ4n) is 2.87. The molecule has 1 fully saturated rings. The average Bonchev–Trinajstić information content (AvgIpc) is 2.85. The van der Waals surface area contributed by atoms with Crippen LogP contribution >= 0.6 is 0 Å². The van der Waals surface area contributed by atoms with E-state index in [-0.39, 0.29) is 24.0 Å². The SMILES string of the molecule is CC(Cc1cccc(F)c1)NC1CCN(C(=O)OC(C)(C)C)C1. The van der Waals surface area contributed by atoms with E-state index in [1.807, 2.05) is 26.8 Å². The maximum atomic E-state index is 13.2. The Bertz CT molecular complexity index is 542. The van der Waals surface area contributed by atoms with Gasteiger partial charge in [0.05, 0.1) is 0 Å². The van der Waals surface area contributed by atoms with Crippen LogP contribution in [0.3, 0.4) is 0 Å². The molecule has 1 N–H and O–H groups in total. The number of halogens is 1. The first-order valence-electron chi connectivity index (χ1n) is 8.21. The number of rotatable bonds is 4. The summed E-state index contributed by atoms with van der Waals surface area (Å²) < 4.78 is 18.6. The number of amides is 1. The van der Waals surface area contributed by atoms with E-state index in [4.69, 9.17) is 4.74 Å². The minimum absolute atomic E-state index is 0.202. The van der Waals surface area contributed by atoms with Crippen LogP contribution in [-0.2, 0) is 11.2 Å². The molecule has 0 bridgehead atoms. The van der Waals surface area contributed by atoms with Crippen LogP contribution in [0.4, 0.5) is 9.18 Å². The molecule has 1 aliphatic rings. The van der Waals surface area contributed by atoms with Crippen LogP contribution in [-0.4, -0.2) is 41.8 Å². The fraction of sp³-hybridized carbons (Fsp3) is 0.611. The van der Waals surface area contributed by atoms with Gasteiger partial charge in [0.25, 0.3) is 0 Å². The van der Waals surface area contributed by atoms with Gasteiger partial charge in [0.2, 0.25) is 0 Å². The van der Waals surface area contributed by atoms with Crippen molar-refractivity contribution >= 4 is 6.09 Å². The first-order valence-corrected chi connectivity index (χ1v) is 8.21. The third kappa shape index (κ3) is 5.82. The van der Waals surface area contributed by atoms with E-state index in [0.29, 0.717) is 13.1 Å². The lowest BCUT2D eigenvalue weighted by Gasteiger charge is -2.25. The molecular formula is C18H27FN2O2. The summed E-state index contributed by atoms with van der Waals surface area (Å²) in [6.07, 6.45) is 1.42. The molecule has 1 aromatic rings. The number of carbonyl (C=O) groups excluding carboxylic acids is 1. The summed E-state index contributed by atoms with van der Waals surface area (Å²) in [5.74, 6) is -0.202. The molecule has 1 amide bonds. The van der Waals surface area contributed by atoms with Crippen LogP contribution < -0.4 is 5.32 Å². The highest BCUT2D eigenvalue weighted by atomic mass is 19.1. The Morgan fingerprint density at radius 3 is 2.87 bits per heavy atom. The molecule has 0 spiro atoms. The van der Waals surface area contributed by atoms with Gasteiger partial charge in [0, 0.05) is 25.2 Å². The lowest BCUT2D eigenvalue weighted by atomic mass is 10.1. The van der Waals surface area contributed by atoms with Gasteiger partial charge in [-0.15, -0.1) is 0 Å². The lowest BCUT2D eigenvalue weighted by molar-refractivity contribution is 0.0290. The highest BCUT2D eigenvalue weighted by molar-refractivity contribution is 5.68. The molecule has 2 unspecified atom stereocenters. The van der Waals surface area contributed by atoms with Crippen molar-refractivity contribution in [2.75, 3.05) is 13.1 Å². The molecule has 0 aliphatic carbocycles. The zero-order valence-electron chi connectivity index (χ0n) is 14.4. The third-order valence-corrected chi connectivity index (χ3v) is 3.79. The number of likely N-dealkylation sites (tertiary alicyclic amines) is 1. The minimum Gasteiger partial charge on any atom is -0.444 e. The second kappa shape index (κ2) is 7.30. The smallest absolute Gasteiger partial charge is 0.410 e. The van der Waals surface area contributed by atoms with Crippen molar-refractivity contribution in [3.05, 3.63) is 35.6 Å². The van der Waals surface area contributed by atoms with Gasteiger partial charge in [-0.1, -0.05) is 12.1 Å². The van der Waals surface area contributed by atoms with Gasteiger partial charge < -0.3 is 15.0 Å². The van der Waals surface area contributed by atoms with Crippen LogP contribution in [0.25, 0.3) is 0 Å². The predicted octanol–water partition coefficient (Wildman–Crippen LogP) is 3.36. The van der Waals surface area contributed by atoms with Gasteiger partial charge in [-0.25, -0.2) is 9.18 Å². The summed E-state index contributed by atoms with van der Waals surface area (Å²) in [6.45, 7) is 9.07. The number of carbonyl (C=O) groups is 1. The third-order valence-electron chi connectivity index (χ3n) is 3.79. The minimum atomic E-state index is -0.465. The normalized spacial score (nSPS) is 19.7. The van der Waals surface area contributed by atoms with Gasteiger partial charge in [-0.2, -0.15) is 0 Å². The van der Waals surface area contributed by atoms with Crippen LogP contribution in [0.5, 0.6) is 0 Å². The van der Waals surface area contributed by atoms with Crippen molar-refractivity contribution in [2.24, 2.45) is 0 Å². The molecule has 0 radical (unpaired) electrons. The Morgan fingerprint density at radius 2 is 2.22 bits per heavy atom. The van der Waals surface area contributed by atoms with E-state index in [1.54, 1.807) is 17.0 Å². The Kier molecular flexibility index (Phi) is 5.63. The van der Waals surface area contributed by atoms with Crippen molar-refractivity contribution in [3.63, 3.8) is 0 Å². The molecule has 1 saturated heterocycles. The lowest BCUT2D eigenvalue weighted by Crippen LogP contribution is -2.41. The molecule has 1 aliphatic heterocycles. The molecule has 0 aromatic heterocycles. The second-order valence-electron chi connectivity index (χ2n) is 7.31. The molecule has 5 heteroatoms. The summed E-state index contributed by atoms with van der Waals surface area (Å²) in [4.78, 5) is 13.8. The highest BCUT2D eigenvalue weighted by Gasteiger charge is 2.30. The van der Waals surface area contributed by atoms with Crippen LogP contribution in [0, 0.1) is 5.82 Å². The van der Waals surface area contributed by atoms with Crippen molar-refractivity contribution in [1.82, 2.24) is 10.2 Å². The van der Waals surface area contributed by atoms with Crippen LogP contribution in [0.2, 0.25) is 0 Å². The number of hydrogen-bond acceptors (Lipinski definition) is 3. The monoisotopic (exact) mass is 322 g/mol. The molecule has 2 atom stereocenters. The Morgan fingerprint density at radius 1 is 1.48 bits per heavy atom. The topological polar surface area (TPSA) is 41.6 Å². The number of nitrogens with zero attached hydrogens (tertiary/aromatic N) is 1. The van der Waals surface area contributed by atoms with Crippen molar-refractivity contribution < 1.29 is 13.9 Å². The van der Waals surface area contributed by atoms with Crippen LogP contribution in [0.1, 0.15) is 39.7 Å². The zero-order chi connectivity index (χ0) is 17.0.